The van der Waals surface area contributed by atoms with Crippen LogP contribution in [-0.2, 0) is 9.53 Å². The molecule has 0 bridgehead atoms. The largest absolute Gasteiger partial charge is 0.470 e. The number of hydrogen-bond acceptors (Lipinski definition) is 5. The monoisotopic (exact) mass is 243 g/mol. The Morgan fingerprint density at radius 2 is 2.18 bits per heavy atom. The first kappa shape index (κ1) is 12.9. The summed E-state index contributed by atoms with van der Waals surface area (Å²) in [5.41, 5.74) is -0.541. The Bertz CT molecular complexity index is 448. The molecular weight excluding hydrogens is 233 g/mol. The lowest BCUT2D eigenvalue weighted by Crippen LogP contribution is -2.25. The van der Waals surface area contributed by atoms with Gasteiger partial charge in [0, 0.05) is 6.07 Å². The Morgan fingerprint density at radius 3 is 2.71 bits per heavy atom. The van der Waals surface area contributed by atoms with Gasteiger partial charge in [-0.15, -0.1) is 0 Å². The van der Waals surface area contributed by atoms with Crippen molar-refractivity contribution < 1.29 is 23.6 Å². The van der Waals surface area contributed by atoms with E-state index in [1.807, 2.05) is 0 Å². The molecule has 6 nitrogen and oxygen atoms in total. The van der Waals surface area contributed by atoms with Crippen molar-refractivity contribution >= 4 is 11.7 Å². The van der Waals surface area contributed by atoms with Gasteiger partial charge in [0.1, 0.15) is 0 Å². The molecule has 0 N–H and O–H groups in total. The molecule has 7 heteroatoms. The van der Waals surface area contributed by atoms with Crippen molar-refractivity contribution in [3.8, 4) is 5.75 Å². The van der Waals surface area contributed by atoms with E-state index in [0.717, 1.165) is 19.2 Å². The van der Waals surface area contributed by atoms with E-state index < -0.39 is 34.3 Å². The average Bonchev–Trinajstić information content (AvgIpc) is 2.30. The number of benzene rings is 1. The molecule has 0 amide bonds. The van der Waals surface area contributed by atoms with Gasteiger partial charge < -0.3 is 9.47 Å². The predicted molar refractivity (Wildman–Crippen MR) is 55.2 cm³/mol. The van der Waals surface area contributed by atoms with Gasteiger partial charge in [0.05, 0.1) is 12.0 Å². The van der Waals surface area contributed by atoms with Crippen LogP contribution in [0.4, 0.5) is 10.1 Å². The second-order valence-electron chi connectivity index (χ2n) is 3.13. The van der Waals surface area contributed by atoms with E-state index >= 15 is 0 Å². The van der Waals surface area contributed by atoms with Crippen molar-refractivity contribution in [3.05, 3.63) is 34.1 Å². The van der Waals surface area contributed by atoms with Crippen molar-refractivity contribution in [3.63, 3.8) is 0 Å². The lowest BCUT2D eigenvalue weighted by atomic mass is 10.3. The Labute approximate surface area is 96.1 Å². The van der Waals surface area contributed by atoms with Crippen molar-refractivity contribution in [2.45, 2.75) is 13.0 Å². The van der Waals surface area contributed by atoms with E-state index in [-0.39, 0.29) is 0 Å². The van der Waals surface area contributed by atoms with E-state index in [1.165, 1.54) is 13.0 Å². The third kappa shape index (κ3) is 2.90. The highest BCUT2D eigenvalue weighted by molar-refractivity contribution is 5.74. The topological polar surface area (TPSA) is 78.7 Å². The summed E-state index contributed by atoms with van der Waals surface area (Å²) in [6.45, 7) is 1.31. The normalized spacial score (nSPS) is 11.7. The number of para-hydroxylation sites is 1. The van der Waals surface area contributed by atoms with Crippen LogP contribution in [0.2, 0.25) is 0 Å². The zero-order valence-electron chi connectivity index (χ0n) is 9.18. The second-order valence-corrected chi connectivity index (χ2v) is 3.13. The first-order valence-corrected chi connectivity index (χ1v) is 4.64. The molecule has 92 valence electrons. The predicted octanol–water partition coefficient (Wildman–Crippen LogP) is 1.67. The summed E-state index contributed by atoms with van der Waals surface area (Å²) < 4.78 is 22.6. The number of hydrogen-bond donors (Lipinski definition) is 0. The molecule has 0 heterocycles. The van der Waals surface area contributed by atoms with Gasteiger partial charge in [-0.25, -0.2) is 9.18 Å². The van der Waals surface area contributed by atoms with Crippen LogP contribution >= 0.6 is 0 Å². The van der Waals surface area contributed by atoms with Gasteiger partial charge in [0.2, 0.25) is 5.75 Å². The van der Waals surface area contributed by atoms with Gasteiger partial charge in [-0.3, -0.25) is 10.1 Å². The quantitative estimate of drug-likeness (QED) is 0.456. The van der Waals surface area contributed by atoms with Crippen molar-refractivity contribution in [2.75, 3.05) is 7.11 Å². The molecule has 1 aromatic carbocycles. The van der Waals surface area contributed by atoms with Gasteiger partial charge >= 0.3 is 11.7 Å². The molecule has 0 unspecified atom stereocenters. The van der Waals surface area contributed by atoms with Crippen LogP contribution in [0.15, 0.2) is 18.2 Å². The zero-order chi connectivity index (χ0) is 13.0. The Morgan fingerprint density at radius 1 is 1.53 bits per heavy atom. The van der Waals surface area contributed by atoms with Crippen molar-refractivity contribution in [1.29, 1.82) is 0 Å². The van der Waals surface area contributed by atoms with Gasteiger partial charge in [-0.2, -0.15) is 0 Å². The van der Waals surface area contributed by atoms with Crippen molar-refractivity contribution in [2.24, 2.45) is 0 Å². The number of carbonyl (C=O) groups is 1. The minimum absolute atomic E-state index is 0.541. The maximum absolute atomic E-state index is 13.4. The number of ether oxygens (including phenoxy) is 2. The standard InChI is InChI=1S/C10H10FNO5/c1-6(10(13)16-2)17-9-7(11)4-3-5-8(9)12(14)15/h3-6H,1-2H3/t6-/m1/s1. The molecule has 0 spiro atoms. The van der Waals surface area contributed by atoms with E-state index in [2.05, 4.69) is 4.74 Å². The number of nitrogens with zero attached hydrogens (tertiary/aromatic N) is 1. The first-order valence-electron chi connectivity index (χ1n) is 4.64. The van der Waals surface area contributed by atoms with Crippen LogP contribution in [0.3, 0.4) is 0 Å². The number of carbonyl (C=O) groups excluding carboxylic acids is 1. The summed E-state index contributed by atoms with van der Waals surface area (Å²) in [7, 11) is 1.14. The fourth-order valence-corrected chi connectivity index (χ4v) is 1.15. The Hall–Kier alpha value is -2.18. The number of halogens is 1. The molecule has 0 aliphatic rings. The third-order valence-corrected chi connectivity index (χ3v) is 1.97. The first-order chi connectivity index (χ1) is 7.97. The molecule has 0 saturated carbocycles. The second kappa shape index (κ2) is 5.24. The molecule has 0 fully saturated rings. The molecule has 0 saturated heterocycles. The fraction of sp³-hybridized carbons (Fsp3) is 0.300. The maximum Gasteiger partial charge on any atom is 0.346 e. The van der Waals surface area contributed by atoms with Gasteiger partial charge in [0.15, 0.2) is 11.9 Å². The van der Waals surface area contributed by atoms with Crippen LogP contribution in [-0.4, -0.2) is 24.1 Å². The highest BCUT2D eigenvalue weighted by Gasteiger charge is 2.24. The Balaban J connectivity index is 3.05. The summed E-state index contributed by atoms with van der Waals surface area (Å²) in [5.74, 6) is -2.23. The fourth-order valence-electron chi connectivity index (χ4n) is 1.15. The molecule has 1 rings (SSSR count). The summed E-state index contributed by atoms with van der Waals surface area (Å²) in [4.78, 5) is 20.9. The average molecular weight is 243 g/mol. The highest BCUT2D eigenvalue weighted by atomic mass is 19.1. The Kier molecular flexibility index (Phi) is 3.97. The van der Waals surface area contributed by atoms with Gasteiger partial charge in [-0.1, -0.05) is 6.07 Å². The summed E-state index contributed by atoms with van der Waals surface area (Å²) in [6, 6.07) is 3.28. The highest BCUT2D eigenvalue weighted by Crippen LogP contribution is 2.30. The summed E-state index contributed by atoms with van der Waals surface area (Å²) in [5, 5.41) is 10.6. The number of nitro groups is 1. The van der Waals surface area contributed by atoms with Crippen LogP contribution in [0, 0.1) is 15.9 Å². The summed E-state index contributed by atoms with van der Waals surface area (Å²) >= 11 is 0. The van der Waals surface area contributed by atoms with Crippen LogP contribution in [0.25, 0.3) is 0 Å². The molecular formula is C10H10FNO5. The van der Waals surface area contributed by atoms with E-state index in [4.69, 9.17) is 4.74 Å². The van der Waals surface area contributed by atoms with Crippen LogP contribution < -0.4 is 4.74 Å². The lowest BCUT2D eigenvalue weighted by molar-refractivity contribution is -0.386. The van der Waals surface area contributed by atoms with Gasteiger partial charge in [-0.05, 0) is 13.0 Å². The molecule has 17 heavy (non-hydrogen) atoms. The molecule has 0 aliphatic heterocycles. The molecule has 0 aromatic heterocycles. The van der Waals surface area contributed by atoms with Crippen LogP contribution in [0.5, 0.6) is 5.75 Å². The third-order valence-electron chi connectivity index (χ3n) is 1.97. The lowest BCUT2D eigenvalue weighted by Gasteiger charge is -2.12. The van der Waals surface area contributed by atoms with E-state index in [0.29, 0.717) is 0 Å². The SMILES string of the molecule is COC(=O)[C@@H](C)Oc1c(F)cccc1[N+](=O)[O-]. The molecule has 1 atom stereocenters. The van der Waals surface area contributed by atoms with E-state index in [9.17, 15) is 19.3 Å². The van der Waals surface area contributed by atoms with Gasteiger partial charge in [0.25, 0.3) is 0 Å². The maximum atomic E-state index is 13.4. The number of nitro benzene ring substituents is 1. The number of rotatable bonds is 4. The molecule has 0 aliphatic carbocycles. The number of methoxy groups -OCH3 is 1. The smallest absolute Gasteiger partial charge is 0.346 e. The minimum atomic E-state index is -1.13. The van der Waals surface area contributed by atoms with Crippen LogP contribution in [0.1, 0.15) is 6.92 Å². The number of esters is 1. The van der Waals surface area contributed by atoms with E-state index in [1.54, 1.807) is 0 Å². The zero-order valence-corrected chi connectivity index (χ0v) is 9.18. The molecule has 1 aromatic rings. The molecule has 0 radical (unpaired) electrons. The van der Waals surface area contributed by atoms with Crippen molar-refractivity contribution in [1.82, 2.24) is 0 Å². The summed E-state index contributed by atoms with van der Waals surface area (Å²) in [6.07, 6.45) is -1.13. The minimum Gasteiger partial charge on any atom is -0.470 e.